The summed E-state index contributed by atoms with van der Waals surface area (Å²) in [4.78, 5) is 73.1. The van der Waals surface area contributed by atoms with Crippen LogP contribution in [0, 0.1) is 0 Å². The Labute approximate surface area is 652 Å². The molecular formula is C89H140O17P2. The van der Waals surface area contributed by atoms with Crippen LogP contribution in [0.4, 0.5) is 0 Å². The van der Waals surface area contributed by atoms with Gasteiger partial charge in [-0.1, -0.05) is 273 Å². The summed E-state index contributed by atoms with van der Waals surface area (Å²) in [7, 11) is -10.0. The summed E-state index contributed by atoms with van der Waals surface area (Å²) in [6.45, 7) is 4.23. The van der Waals surface area contributed by atoms with Crippen LogP contribution in [0.1, 0.15) is 272 Å². The molecule has 0 bridgehead atoms. The van der Waals surface area contributed by atoms with Crippen LogP contribution in [0.15, 0.2) is 207 Å². The highest BCUT2D eigenvalue weighted by Gasteiger charge is 2.30. The fraction of sp³-hybridized carbons (Fsp3) is 0.573. The zero-order valence-electron chi connectivity index (χ0n) is 66.4. The molecule has 0 saturated carbocycles. The molecular weight excluding hydrogens is 1400 g/mol. The zero-order chi connectivity index (χ0) is 78.9. The van der Waals surface area contributed by atoms with E-state index < -0.39 is 97.5 Å². The van der Waals surface area contributed by atoms with E-state index in [4.69, 9.17) is 37.0 Å². The Hall–Kier alpha value is -6.36. The Morgan fingerprint density at radius 3 is 0.759 bits per heavy atom. The topological polar surface area (TPSA) is 237 Å². The highest BCUT2D eigenvalue weighted by Crippen LogP contribution is 2.45. The molecule has 0 heterocycles. The lowest BCUT2D eigenvalue weighted by Crippen LogP contribution is -2.30. The van der Waals surface area contributed by atoms with Gasteiger partial charge in [-0.2, -0.15) is 0 Å². The van der Waals surface area contributed by atoms with Gasteiger partial charge in [0.1, 0.15) is 19.3 Å². The second-order valence-corrected chi connectivity index (χ2v) is 28.7. The number of hydrogen-bond donors (Lipinski definition) is 3. The van der Waals surface area contributed by atoms with Gasteiger partial charge in [0.25, 0.3) is 0 Å². The second kappa shape index (κ2) is 78.8. The molecule has 0 radical (unpaired) electrons. The molecule has 0 rings (SSSR count). The molecule has 0 aromatic carbocycles. The summed E-state index contributed by atoms with van der Waals surface area (Å²) >= 11 is 0. The van der Waals surface area contributed by atoms with Crippen LogP contribution in [-0.2, 0) is 65.4 Å². The fourth-order valence-corrected chi connectivity index (χ4v) is 11.3. The minimum atomic E-state index is -5.01. The van der Waals surface area contributed by atoms with E-state index in [-0.39, 0.29) is 25.7 Å². The molecule has 0 fully saturated rings. The summed E-state index contributed by atoms with van der Waals surface area (Å²) < 4.78 is 68.5. The van der Waals surface area contributed by atoms with Crippen LogP contribution >= 0.6 is 15.6 Å². The van der Waals surface area contributed by atoms with E-state index in [9.17, 15) is 43.2 Å². The maximum atomic E-state index is 13.1. The molecule has 0 aromatic rings. The summed E-state index contributed by atoms with van der Waals surface area (Å²) in [5.41, 5.74) is 0. The van der Waals surface area contributed by atoms with Gasteiger partial charge < -0.3 is 33.8 Å². The van der Waals surface area contributed by atoms with Crippen molar-refractivity contribution in [2.45, 2.75) is 290 Å². The number of ether oxygens (including phenoxy) is 4. The third-order valence-corrected chi connectivity index (χ3v) is 17.6. The molecule has 0 amide bonds. The molecule has 17 nitrogen and oxygen atoms in total. The number of aliphatic hydroxyl groups is 1. The number of phosphoric ester groups is 2. The maximum Gasteiger partial charge on any atom is 0.472 e. The van der Waals surface area contributed by atoms with Crippen molar-refractivity contribution in [3.63, 3.8) is 0 Å². The van der Waals surface area contributed by atoms with Crippen LogP contribution in [0.5, 0.6) is 0 Å². The zero-order valence-corrected chi connectivity index (χ0v) is 68.2. The van der Waals surface area contributed by atoms with Crippen LogP contribution in [-0.4, -0.2) is 96.7 Å². The lowest BCUT2D eigenvalue weighted by Gasteiger charge is -2.21. The van der Waals surface area contributed by atoms with Gasteiger partial charge in [-0.05, 0) is 180 Å². The summed E-state index contributed by atoms with van der Waals surface area (Å²) in [5, 5.41) is 10.7. The summed E-state index contributed by atoms with van der Waals surface area (Å²) in [5.74, 6) is -2.36. The van der Waals surface area contributed by atoms with Crippen molar-refractivity contribution in [3.8, 4) is 0 Å². The van der Waals surface area contributed by atoms with Gasteiger partial charge >= 0.3 is 39.5 Å². The van der Waals surface area contributed by atoms with E-state index in [2.05, 4.69) is 222 Å². The Kier molecular flexibility index (Phi) is 74.1. The first kappa shape index (κ1) is 102. The number of rotatable bonds is 73. The van der Waals surface area contributed by atoms with E-state index in [0.29, 0.717) is 38.5 Å². The molecule has 19 heteroatoms. The highest BCUT2D eigenvalue weighted by molar-refractivity contribution is 7.47. The average molecular weight is 1540 g/mol. The van der Waals surface area contributed by atoms with Crippen molar-refractivity contribution in [1.29, 1.82) is 0 Å². The molecule has 608 valence electrons. The van der Waals surface area contributed by atoms with Crippen LogP contribution in [0.2, 0.25) is 0 Å². The first-order valence-corrected chi connectivity index (χ1v) is 43.3. The maximum absolute atomic E-state index is 13.1. The van der Waals surface area contributed by atoms with Crippen LogP contribution in [0.25, 0.3) is 0 Å². The number of hydrogen-bond acceptors (Lipinski definition) is 15. The summed E-state index contributed by atoms with van der Waals surface area (Å²) in [6, 6.07) is 0. The van der Waals surface area contributed by atoms with Crippen molar-refractivity contribution in [2.24, 2.45) is 0 Å². The molecule has 0 aliphatic rings. The first-order chi connectivity index (χ1) is 52.7. The van der Waals surface area contributed by atoms with Crippen LogP contribution < -0.4 is 0 Å². The van der Waals surface area contributed by atoms with E-state index in [1.165, 1.54) is 0 Å². The van der Waals surface area contributed by atoms with Gasteiger partial charge in [-0.25, -0.2) is 9.13 Å². The van der Waals surface area contributed by atoms with Crippen molar-refractivity contribution in [1.82, 2.24) is 0 Å². The molecule has 0 aliphatic heterocycles. The Bertz CT molecular complexity index is 2860. The summed E-state index contributed by atoms with van der Waals surface area (Å²) in [6.07, 6.45) is 98.1. The smallest absolute Gasteiger partial charge is 0.462 e. The average Bonchev–Trinajstić information content (AvgIpc) is 0.901. The monoisotopic (exact) mass is 1540 g/mol. The van der Waals surface area contributed by atoms with E-state index in [0.717, 1.165) is 180 Å². The molecule has 0 saturated heterocycles. The quantitative estimate of drug-likeness (QED) is 0.0169. The number of allylic oxidation sites excluding steroid dienone is 34. The predicted molar refractivity (Wildman–Crippen MR) is 445 cm³/mol. The SMILES string of the molecule is CC/C=C\C/C=C\C/C=C\C/C=C\C/C=C\CCCCCC(=O)OCC(COP(=O)(O)OCC(O)COP(=O)(O)OCC(COC(=O)CCC/C=C\C/C=C\C/C=C\C/C=C\C/C=C\CC)OC(=O)CCCCCCCCC/C=C\C/C=C\C/C=C\CC)OC(=O)CCCC/C=C\C/C=C\C/C=C\C/C=C\CC. The highest BCUT2D eigenvalue weighted by atomic mass is 31.2. The Morgan fingerprint density at radius 2 is 0.463 bits per heavy atom. The molecule has 108 heavy (non-hydrogen) atoms. The van der Waals surface area contributed by atoms with Gasteiger partial charge in [0.05, 0.1) is 26.4 Å². The first-order valence-electron chi connectivity index (χ1n) is 40.3. The molecule has 5 atom stereocenters. The number of esters is 4. The van der Waals surface area contributed by atoms with E-state index >= 15 is 0 Å². The van der Waals surface area contributed by atoms with Crippen molar-refractivity contribution < 1.29 is 80.2 Å². The Balaban J connectivity index is 5.52. The number of unbranched alkanes of at least 4 members (excludes halogenated alkanes) is 13. The fourth-order valence-electron chi connectivity index (χ4n) is 9.76. The minimum Gasteiger partial charge on any atom is -0.462 e. The predicted octanol–water partition coefficient (Wildman–Crippen LogP) is 23.9. The number of aliphatic hydroxyl groups excluding tert-OH is 1. The number of carbonyl (C=O) groups is 4. The number of phosphoric acid groups is 2. The van der Waals surface area contributed by atoms with Crippen molar-refractivity contribution >= 4 is 39.5 Å². The largest absolute Gasteiger partial charge is 0.472 e. The molecule has 0 aliphatic carbocycles. The lowest BCUT2D eigenvalue weighted by molar-refractivity contribution is -0.161. The normalized spacial score (nSPS) is 14.9. The molecule has 5 unspecified atom stereocenters. The standard InChI is InChI=1S/C89H140O17P2/c1-5-9-13-17-21-25-29-33-37-40-41-44-47-50-54-58-62-66-70-74-87(92)100-79-84(105-88(93)75-71-67-63-59-55-51-45-36-32-28-24-20-16-12-8-4)81-103-107(95,96)101-77-83(90)78-102-108(97,98)104-82-85(106-89(94)76-72-68-64-60-56-52-48-43-39-35-31-27-23-19-15-11-7-3)80-99-86(91)73-69-65-61-57-53-49-46-42-38-34-30-26-22-18-14-10-6-2/h9-16,21-28,33-39,41,44-46,49-50,54-55,57,59,61,83-85,90H,5-8,17-20,29-32,40,42-43,47-48,51-53,56,58,60,62-82H2,1-4H3,(H,95,96)(H,97,98)/b13-9-,14-10-,15-11-,16-12-,25-21-,26-22-,27-23-,28-24-,37-33-,38-34-,39-35-,44-41-,45-36-,49-46-,54-50-,59-55-,61-57-. The lowest BCUT2D eigenvalue weighted by atomic mass is 10.1. The van der Waals surface area contributed by atoms with Crippen molar-refractivity contribution in [3.05, 3.63) is 207 Å². The molecule has 0 aromatic heterocycles. The van der Waals surface area contributed by atoms with Gasteiger partial charge in [0.2, 0.25) is 0 Å². The number of carbonyl (C=O) groups excluding carboxylic acids is 4. The van der Waals surface area contributed by atoms with Gasteiger partial charge in [0, 0.05) is 25.7 Å². The molecule has 3 N–H and O–H groups in total. The Morgan fingerprint density at radius 1 is 0.259 bits per heavy atom. The van der Waals surface area contributed by atoms with E-state index in [1.54, 1.807) is 0 Å². The minimum absolute atomic E-state index is 0.0248. The third-order valence-electron chi connectivity index (χ3n) is 15.7. The molecule has 0 spiro atoms. The van der Waals surface area contributed by atoms with Gasteiger partial charge in [0.15, 0.2) is 12.2 Å². The van der Waals surface area contributed by atoms with Gasteiger partial charge in [-0.3, -0.25) is 37.3 Å². The van der Waals surface area contributed by atoms with Gasteiger partial charge in [-0.15, -0.1) is 0 Å². The second-order valence-electron chi connectivity index (χ2n) is 25.8. The van der Waals surface area contributed by atoms with Crippen LogP contribution in [0.3, 0.4) is 0 Å². The van der Waals surface area contributed by atoms with E-state index in [1.807, 2.05) is 12.2 Å². The van der Waals surface area contributed by atoms with Crippen molar-refractivity contribution in [2.75, 3.05) is 39.6 Å². The third kappa shape index (κ3) is 77.8.